The van der Waals surface area contributed by atoms with E-state index in [4.69, 9.17) is 15.2 Å². The smallest absolute Gasteiger partial charge is 0.244 e. The van der Waals surface area contributed by atoms with Crippen LogP contribution in [-0.2, 0) is 16.0 Å². The van der Waals surface area contributed by atoms with Crippen LogP contribution in [0.1, 0.15) is 31.2 Å². The second kappa shape index (κ2) is 8.34. The number of benzene rings is 2. The molecule has 0 bridgehead atoms. The first-order valence-corrected chi connectivity index (χ1v) is 9.05. The van der Waals surface area contributed by atoms with Crippen molar-refractivity contribution >= 4 is 11.6 Å². The predicted octanol–water partition coefficient (Wildman–Crippen LogP) is 3.88. The number of carbonyl (C=O) groups is 1. The second-order valence-corrected chi connectivity index (χ2v) is 6.83. The van der Waals surface area contributed by atoms with Crippen molar-refractivity contribution in [2.75, 3.05) is 19.0 Å². The van der Waals surface area contributed by atoms with Gasteiger partial charge in [-0.15, -0.1) is 0 Å². The quantitative estimate of drug-likeness (QED) is 0.791. The fraction of sp³-hybridized carbons (Fsp3) is 0.381. The summed E-state index contributed by atoms with van der Waals surface area (Å²) >= 11 is 0. The number of nitrogens with two attached hydrogens (primary N) is 1. The third kappa shape index (κ3) is 4.62. The maximum atomic E-state index is 12.3. The van der Waals surface area contributed by atoms with Crippen molar-refractivity contribution < 1.29 is 14.3 Å². The lowest BCUT2D eigenvalue weighted by Crippen LogP contribution is -2.48. The van der Waals surface area contributed by atoms with Crippen molar-refractivity contribution in [2.24, 2.45) is 5.73 Å². The van der Waals surface area contributed by atoms with Gasteiger partial charge in [0.1, 0.15) is 11.5 Å². The van der Waals surface area contributed by atoms with Crippen molar-refractivity contribution in [3.63, 3.8) is 0 Å². The molecule has 3 rings (SSSR count). The average Bonchev–Trinajstić information content (AvgIpc) is 3.11. The van der Waals surface area contributed by atoms with Crippen LogP contribution in [0.25, 0.3) is 0 Å². The molecular formula is C21H26N2O3. The first-order chi connectivity index (χ1) is 12.6. The standard InChI is InChI=1S/C21H26N2O3/c1-25-15-12-16-4-8-18(9-5-16)26-19-10-6-17(7-11-19)23-20(24)21(22)13-2-3-14-21/h4-11H,2-3,12-15,22H2,1H3,(H,23,24). The van der Waals surface area contributed by atoms with Gasteiger partial charge in [0.25, 0.3) is 0 Å². The van der Waals surface area contributed by atoms with Gasteiger partial charge in [0.05, 0.1) is 12.1 Å². The van der Waals surface area contributed by atoms with Gasteiger partial charge in [-0.05, 0) is 61.2 Å². The van der Waals surface area contributed by atoms with Crippen LogP contribution in [0.4, 0.5) is 5.69 Å². The Hall–Kier alpha value is -2.37. The molecular weight excluding hydrogens is 328 g/mol. The van der Waals surface area contributed by atoms with Crippen molar-refractivity contribution in [3.8, 4) is 11.5 Å². The van der Waals surface area contributed by atoms with E-state index in [9.17, 15) is 4.79 Å². The summed E-state index contributed by atoms with van der Waals surface area (Å²) in [5.41, 5.74) is 7.40. The summed E-state index contributed by atoms with van der Waals surface area (Å²) in [5, 5.41) is 2.91. The number of methoxy groups -OCH3 is 1. The molecule has 0 heterocycles. The fourth-order valence-electron chi connectivity index (χ4n) is 3.17. The van der Waals surface area contributed by atoms with E-state index in [1.807, 2.05) is 48.5 Å². The SMILES string of the molecule is COCCc1ccc(Oc2ccc(NC(=O)C3(N)CCCC3)cc2)cc1. The highest BCUT2D eigenvalue weighted by Crippen LogP contribution is 2.29. The zero-order valence-electron chi connectivity index (χ0n) is 15.2. The molecule has 1 aliphatic carbocycles. The summed E-state index contributed by atoms with van der Waals surface area (Å²) in [6.07, 6.45) is 4.41. The predicted molar refractivity (Wildman–Crippen MR) is 103 cm³/mol. The number of amides is 1. The Kier molecular flexibility index (Phi) is 5.91. The number of hydrogen-bond donors (Lipinski definition) is 2. The van der Waals surface area contributed by atoms with Crippen LogP contribution in [0.3, 0.4) is 0 Å². The molecule has 0 radical (unpaired) electrons. The van der Waals surface area contributed by atoms with Crippen LogP contribution in [0.5, 0.6) is 11.5 Å². The van der Waals surface area contributed by atoms with Gasteiger partial charge in [0, 0.05) is 12.8 Å². The van der Waals surface area contributed by atoms with E-state index < -0.39 is 5.54 Å². The number of hydrogen-bond acceptors (Lipinski definition) is 4. The molecule has 1 saturated carbocycles. The number of carbonyl (C=O) groups excluding carboxylic acids is 1. The Morgan fingerprint density at radius 1 is 1.04 bits per heavy atom. The first-order valence-electron chi connectivity index (χ1n) is 9.05. The maximum Gasteiger partial charge on any atom is 0.244 e. The highest BCUT2D eigenvalue weighted by molar-refractivity contribution is 5.98. The lowest BCUT2D eigenvalue weighted by atomic mass is 9.98. The van der Waals surface area contributed by atoms with Crippen LogP contribution in [-0.4, -0.2) is 25.2 Å². The highest BCUT2D eigenvalue weighted by atomic mass is 16.5. The van der Waals surface area contributed by atoms with E-state index in [2.05, 4.69) is 5.32 Å². The molecule has 5 heteroatoms. The molecule has 1 amide bonds. The Bertz CT molecular complexity index is 720. The van der Waals surface area contributed by atoms with Gasteiger partial charge >= 0.3 is 0 Å². The van der Waals surface area contributed by atoms with E-state index in [0.29, 0.717) is 6.61 Å². The summed E-state index contributed by atoms with van der Waals surface area (Å²) in [4.78, 5) is 12.3. The Morgan fingerprint density at radius 3 is 2.19 bits per heavy atom. The van der Waals surface area contributed by atoms with Crippen LogP contribution >= 0.6 is 0 Å². The van der Waals surface area contributed by atoms with E-state index >= 15 is 0 Å². The van der Waals surface area contributed by atoms with Crippen LogP contribution in [0.15, 0.2) is 48.5 Å². The summed E-state index contributed by atoms with van der Waals surface area (Å²) in [7, 11) is 1.70. The third-order valence-electron chi connectivity index (χ3n) is 4.81. The normalized spacial score (nSPS) is 15.6. The van der Waals surface area contributed by atoms with Crippen molar-refractivity contribution in [2.45, 2.75) is 37.6 Å². The monoisotopic (exact) mass is 354 g/mol. The fourth-order valence-corrected chi connectivity index (χ4v) is 3.17. The molecule has 1 aliphatic rings. The van der Waals surface area contributed by atoms with Gasteiger partial charge in [-0.1, -0.05) is 25.0 Å². The maximum absolute atomic E-state index is 12.3. The third-order valence-corrected chi connectivity index (χ3v) is 4.81. The zero-order valence-corrected chi connectivity index (χ0v) is 15.2. The van der Waals surface area contributed by atoms with Gasteiger partial charge in [-0.25, -0.2) is 0 Å². The van der Waals surface area contributed by atoms with Crippen LogP contribution in [0.2, 0.25) is 0 Å². The lowest BCUT2D eigenvalue weighted by Gasteiger charge is -2.22. The zero-order chi connectivity index (χ0) is 18.4. The van der Waals surface area contributed by atoms with Crippen molar-refractivity contribution in [1.82, 2.24) is 0 Å². The minimum absolute atomic E-state index is 0.102. The van der Waals surface area contributed by atoms with E-state index in [1.165, 1.54) is 5.56 Å². The molecule has 0 saturated heterocycles. The van der Waals surface area contributed by atoms with Crippen LogP contribution < -0.4 is 15.8 Å². The molecule has 0 atom stereocenters. The number of rotatable bonds is 7. The molecule has 0 aliphatic heterocycles. The molecule has 138 valence electrons. The lowest BCUT2D eigenvalue weighted by molar-refractivity contribution is -0.121. The van der Waals surface area contributed by atoms with E-state index in [1.54, 1.807) is 7.11 Å². The number of nitrogens with one attached hydrogen (secondary N) is 1. The second-order valence-electron chi connectivity index (χ2n) is 6.83. The molecule has 3 N–H and O–H groups in total. The van der Waals surface area contributed by atoms with Gasteiger partial charge in [-0.2, -0.15) is 0 Å². The minimum Gasteiger partial charge on any atom is -0.457 e. The summed E-state index contributed by atoms with van der Waals surface area (Å²) < 4.78 is 10.9. The number of ether oxygens (including phenoxy) is 2. The van der Waals surface area contributed by atoms with Gasteiger partial charge in [0.15, 0.2) is 0 Å². The number of anilines is 1. The molecule has 2 aromatic carbocycles. The topological polar surface area (TPSA) is 73.6 Å². The van der Waals surface area contributed by atoms with E-state index in [-0.39, 0.29) is 5.91 Å². The first kappa shape index (κ1) is 18.4. The van der Waals surface area contributed by atoms with Gasteiger partial charge in [-0.3, -0.25) is 4.79 Å². The summed E-state index contributed by atoms with van der Waals surface area (Å²) in [5.74, 6) is 1.39. The molecule has 2 aromatic rings. The molecule has 5 nitrogen and oxygen atoms in total. The molecule has 0 spiro atoms. The van der Waals surface area contributed by atoms with Crippen molar-refractivity contribution in [3.05, 3.63) is 54.1 Å². The highest BCUT2D eigenvalue weighted by Gasteiger charge is 2.36. The largest absolute Gasteiger partial charge is 0.457 e. The minimum atomic E-state index is -0.722. The molecule has 1 fully saturated rings. The average molecular weight is 354 g/mol. The summed E-state index contributed by atoms with van der Waals surface area (Å²) in [6.45, 7) is 0.706. The Balaban J connectivity index is 1.56. The Morgan fingerprint density at radius 2 is 1.62 bits per heavy atom. The van der Waals surface area contributed by atoms with Gasteiger partial charge in [0.2, 0.25) is 5.91 Å². The van der Waals surface area contributed by atoms with Crippen molar-refractivity contribution in [1.29, 1.82) is 0 Å². The molecule has 26 heavy (non-hydrogen) atoms. The summed E-state index contributed by atoms with van der Waals surface area (Å²) in [6, 6.07) is 15.3. The van der Waals surface area contributed by atoms with E-state index in [0.717, 1.165) is 49.3 Å². The van der Waals surface area contributed by atoms with Crippen LogP contribution in [0, 0.1) is 0 Å². The molecule has 0 unspecified atom stereocenters. The van der Waals surface area contributed by atoms with Gasteiger partial charge < -0.3 is 20.5 Å². The molecule has 0 aromatic heterocycles. The Labute approximate surface area is 154 Å².